The van der Waals surface area contributed by atoms with Gasteiger partial charge in [0.2, 0.25) is 0 Å². The molecule has 0 radical (unpaired) electrons. The standard InChI is InChI=1S/C30H34N4O6S/c1-2-39-26-17-13-25(14-18-26)34(41(37,38)28-9-5-3-6-10-28)22-29(35)32-31-21-24-11-15-27(16-12-24)40-23-30(36)33-19-7-4-8-20-33/h3,5-6,9-18,21H,2,4,7-8,19-20,22-23H2,1H3,(H,32,35)/b31-21-. The SMILES string of the molecule is CCOc1ccc(N(CC(=O)N/N=C\c2ccc(OCC(=O)N3CCCCC3)cc2)S(=O)(=O)c2ccccc2)cc1. The van der Waals surface area contributed by atoms with Crippen LogP contribution in [0.5, 0.6) is 11.5 Å². The lowest BCUT2D eigenvalue weighted by Crippen LogP contribution is -2.39. The molecule has 0 spiro atoms. The predicted molar refractivity (Wildman–Crippen MR) is 157 cm³/mol. The smallest absolute Gasteiger partial charge is 0.264 e. The Morgan fingerprint density at radius 3 is 2.20 bits per heavy atom. The lowest BCUT2D eigenvalue weighted by atomic mass is 10.1. The average molecular weight is 579 g/mol. The number of amides is 2. The summed E-state index contributed by atoms with van der Waals surface area (Å²) in [6, 6.07) is 21.3. The summed E-state index contributed by atoms with van der Waals surface area (Å²) in [5.74, 6) is 0.499. The molecule has 0 aliphatic carbocycles. The van der Waals surface area contributed by atoms with Crippen LogP contribution in [0.15, 0.2) is 88.9 Å². The van der Waals surface area contributed by atoms with Gasteiger partial charge in [0, 0.05) is 13.1 Å². The third-order valence-corrected chi connectivity index (χ3v) is 8.20. The van der Waals surface area contributed by atoms with E-state index in [2.05, 4.69) is 10.5 Å². The second kappa shape index (κ2) is 14.3. The Labute approximate surface area is 240 Å². The van der Waals surface area contributed by atoms with Crippen molar-refractivity contribution in [2.24, 2.45) is 5.10 Å². The van der Waals surface area contributed by atoms with Crippen LogP contribution in [0, 0.1) is 0 Å². The summed E-state index contributed by atoms with van der Waals surface area (Å²) < 4.78 is 39.0. The van der Waals surface area contributed by atoms with E-state index in [-0.39, 0.29) is 17.4 Å². The largest absolute Gasteiger partial charge is 0.494 e. The summed E-state index contributed by atoms with van der Waals surface area (Å²) in [7, 11) is -4.04. The lowest BCUT2D eigenvalue weighted by molar-refractivity contribution is -0.134. The predicted octanol–water partition coefficient (Wildman–Crippen LogP) is 3.82. The Balaban J connectivity index is 1.36. The fourth-order valence-electron chi connectivity index (χ4n) is 4.28. The molecule has 0 atom stereocenters. The quantitative estimate of drug-likeness (QED) is 0.258. The number of carbonyl (C=O) groups excluding carboxylic acids is 2. The molecule has 2 amide bonds. The number of anilines is 1. The van der Waals surface area contributed by atoms with Crippen molar-refractivity contribution in [3.63, 3.8) is 0 Å². The van der Waals surface area contributed by atoms with Gasteiger partial charge in [0.15, 0.2) is 6.61 Å². The highest BCUT2D eigenvalue weighted by molar-refractivity contribution is 7.92. The molecule has 0 bridgehead atoms. The number of rotatable bonds is 12. The van der Waals surface area contributed by atoms with Crippen molar-refractivity contribution in [2.75, 3.05) is 37.2 Å². The van der Waals surface area contributed by atoms with E-state index < -0.39 is 22.5 Å². The van der Waals surface area contributed by atoms with E-state index in [1.165, 1.54) is 18.3 Å². The number of ether oxygens (including phenoxy) is 2. The molecule has 216 valence electrons. The zero-order valence-electron chi connectivity index (χ0n) is 22.9. The molecule has 10 nitrogen and oxygen atoms in total. The van der Waals surface area contributed by atoms with E-state index in [1.54, 1.807) is 66.7 Å². The number of benzene rings is 3. The molecular formula is C30H34N4O6S. The minimum absolute atomic E-state index is 0.0137. The van der Waals surface area contributed by atoms with Crippen molar-refractivity contribution in [1.82, 2.24) is 10.3 Å². The van der Waals surface area contributed by atoms with Gasteiger partial charge in [-0.05, 0) is 92.4 Å². The van der Waals surface area contributed by atoms with E-state index in [0.29, 0.717) is 29.4 Å². The van der Waals surface area contributed by atoms with Crippen LogP contribution < -0.4 is 19.2 Å². The second-order valence-corrected chi connectivity index (χ2v) is 11.2. The number of piperidine rings is 1. The molecule has 41 heavy (non-hydrogen) atoms. The molecule has 1 aliphatic heterocycles. The molecule has 3 aromatic carbocycles. The summed E-state index contributed by atoms with van der Waals surface area (Å²) in [5.41, 5.74) is 3.39. The number of hydrogen-bond donors (Lipinski definition) is 1. The molecule has 0 saturated carbocycles. The number of hydrazone groups is 1. The summed E-state index contributed by atoms with van der Waals surface area (Å²) >= 11 is 0. The first-order valence-electron chi connectivity index (χ1n) is 13.5. The van der Waals surface area contributed by atoms with E-state index in [1.807, 2.05) is 11.8 Å². The van der Waals surface area contributed by atoms with Gasteiger partial charge in [-0.15, -0.1) is 0 Å². The van der Waals surface area contributed by atoms with Crippen LogP contribution in [0.2, 0.25) is 0 Å². The van der Waals surface area contributed by atoms with Gasteiger partial charge in [-0.1, -0.05) is 18.2 Å². The normalized spacial score (nSPS) is 13.5. The Morgan fingerprint density at radius 2 is 1.54 bits per heavy atom. The first-order valence-corrected chi connectivity index (χ1v) is 14.9. The van der Waals surface area contributed by atoms with Crippen LogP contribution in [0.1, 0.15) is 31.7 Å². The van der Waals surface area contributed by atoms with Crippen molar-refractivity contribution in [3.05, 3.63) is 84.4 Å². The molecule has 0 unspecified atom stereocenters. The van der Waals surface area contributed by atoms with Gasteiger partial charge < -0.3 is 14.4 Å². The Kier molecular flexibility index (Phi) is 10.3. The van der Waals surface area contributed by atoms with Crippen LogP contribution >= 0.6 is 0 Å². The summed E-state index contributed by atoms with van der Waals surface area (Å²) in [6.45, 7) is 3.38. The van der Waals surface area contributed by atoms with Crippen LogP contribution in [0.3, 0.4) is 0 Å². The third-order valence-electron chi connectivity index (χ3n) is 6.41. The van der Waals surface area contributed by atoms with E-state index >= 15 is 0 Å². The van der Waals surface area contributed by atoms with Crippen LogP contribution in [0.25, 0.3) is 0 Å². The number of nitrogens with zero attached hydrogens (tertiary/aromatic N) is 3. The van der Waals surface area contributed by atoms with Gasteiger partial charge in [0.25, 0.3) is 21.8 Å². The van der Waals surface area contributed by atoms with Crippen LogP contribution in [0.4, 0.5) is 5.69 Å². The van der Waals surface area contributed by atoms with E-state index in [9.17, 15) is 18.0 Å². The molecule has 1 heterocycles. The summed E-state index contributed by atoms with van der Waals surface area (Å²) in [6.07, 6.45) is 4.65. The fourth-order valence-corrected chi connectivity index (χ4v) is 5.73. The third kappa shape index (κ3) is 8.31. The summed E-state index contributed by atoms with van der Waals surface area (Å²) in [4.78, 5) is 27.0. The lowest BCUT2D eigenvalue weighted by Gasteiger charge is -2.26. The van der Waals surface area contributed by atoms with Gasteiger partial charge in [-0.3, -0.25) is 13.9 Å². The first kappa shape index (κ1) is 29.6. The highest BCUT2D eigenvalue weighted by Crippen LogP contribution is 2.25. The Bertz CT molecular complexity index is 1420. The van der Waals surface area contributed by atoms with E-state index in [0.717, 1.165) is 36.7 Å². The zero-order valence-corrected chi connectivity index (χ0v) is 23.8. The highest BCUT2D eigenvalue weighted by atomic mass is 32.2. The molecule has 1 N–H and O–H groups in total. The van der Waals surface area contributed by atoms with Crippen LogP contribution in [-0.2, 0) is 19.6 Å². The van der Waals surface area contributed by atoms with Gasteiger partial charge in [0.05, 0.1) is 23.4 Å². The van der Waals surface area contributed by atoms with Crippen molar-refractivity contribution in [2.45, 2.75) is 31.1 Å². The van der Waals surface area contributed by atoms with Gasteiger partial charge >= 0.3 is 0 Å². The maximum Gasteiger partial charge on any atom is 0.264 e. The minimum atomic E-state index is -4.04. The monoisotopic (exact) mass is 578 g/mol. The molecule has 4 rings (SSSR count). The molecule has 1 aliphatic rings. The summed E-state index contributed by atoms with van der Waals surface area (Å²) in [5, 5.41) is 3.98. The van der Waals surface area contributed by atoms with Crippen LogP contribution in [-0.4, -0.2) is 64.2 Å². The van der Waals surface area contributed by atoms with Crippen molar-refractivity contribution < 1.29 is 27.5 Å². The average Bonchev–Trinajstić information content (AvgIpc) is 3.01. The van der Waals surface area contributed by atoms with Crippen molar-refractivity contribution in [3.8, 4) is 11.5 Å². The van der Waals surface area contributed by atoms with Crippen molar-refractivity contribution >= 4 is 33.7 Å². The number of nitrogens with one attached hydrogen (secondary N) is 1. The Hall–Kier alpha value is -4.38. The molecule has 1 fully saturated rings. The van der Waals surface area contributed by atoms with Gasteiger partial charge in [-0.25, -0.2) is 13.8 Å². The minimum Gasteiger partial charge on any atom is -0.494 e. The van der Waals surface area contributed by atoms with Crippen molar-refractivity contribution in [1.29, 1.82) is 0 Å². The number of likely N-dealkylation sites (tertiary alicyclic amines) is 1. The van der Waals surface area contributed by atoms with Gasteiger partial charge in [-0.2, -0.15) is 5.10 Å². The number of carbonyl (C=O) groups is 2. The highest BCUT2D eigenvalue weighted by Gasteiger charge is 2.27. The first-order chi connectivity index (χ1) is 19.9. The second-order valence-electron chi connectivity index (χ2n) is 9.34. The molecule has 3 aromatic rings. The Morgan fingerprint density at radius 1 is 0.902 bits per heavy atom. The fraction of sp³-hybridized carbons (Fsp3) is 0.300. The van der Waals surface area contributed by atoms with Gasteiger partial charge in [0.1, 0.15) is 18.0 Å². The number of sulfonamides is 1. The topological polar surface area (TPSA) is 118 Å². The molecule has 11 heteroatoms. The van der Waals surface area contributed by atoms with E-state index in [4.69, 9.17) is 9.47 Å². The number of hydrogen-bond acceptors (Lipinski definition) is 7. The molecular weight excluding hydrogens is 544 g/mol. The maximum absolute atomic E-state index is 13.4. The zero-order chi connectivity index (χ0) is 29.1. The maximum atomic E-state index is 13.4. The molecule has 0 aromatic heterocycles. The molecule has 1 saturated heterocycles.